The second-order valence-electron chi connectivity index (χ2n) is 14.2. The predicted octanol–water partition coefficient (Wildman–Crippen LogP) is 3.19. The molecule has 0 atom stereocenters. The Balaban J connectivity index is 1.03. The molecule has 48 heavy (non-hydrogen) atoms. The van der Waals surface area contributed by atoms with Crippen LogP contribution in [-0.2, 0) is 37.8 Å². The summed E-state index contributed by atoms with van der Waals surface area (Å²) in [7, 11) is 1.70. The van der Waals surface area contributed by atoms with E-state index in [1.165, 1.54) is 15.8 Å². The number of nitrogens with one attached hydrogen (secondary N) is 1. The third-order valence-electron chi connectivity index (χ3n) is 10.4. The summed E-state index contributed by atoms with van der Waals surface area (Å²) >= 11 is 0. The van der Waals surface area contributed by atoms with Crippen LogP contribution < -0.4 is 20.7 Å². The van der Waals surface area contributed by atoms with E-state index in [1.807, 2.05) is 30.5 Å². The molecule has 4 aromatic rings. The summed E-state index contributed by atoms with van der Waals surface area (Å²) in [6, 6.07) is 10.1. The Morgan fingerprint density at radius 2 is 1.81 bits per heavy atom. The maximum atomic E-state index is 13.8. The highest BCUT2D eigenvalue weighted by molar-refractivity contribution is 6.06. The van der Waals surface area contributed by atoms with E-state index in [1.54, 1.807) is 30.4 Å². The van der Waals surface area contributed by atoms with Gasteiger partial charge < -0.3 is 29.2 Å². The van der Waals surface area contributed by atoms with Crippen LogP contribution in [0, 0.1) is 5.41 Å². The number of rotatable bonds is 7. The number of carbonyl (C=O) groups is 1. The minimum atomic E-state index is -0.314. The standard InChI is InChI=1S/C36H42N8O4/c1-36(2)16-23-15-30-35(47)44(13-12-43(30)31(23)17-36)33-28(20-45)27(6-7-37-33)24-14-29(34(46)40(3)19-24)39-32-5-4-25(18-38-32)41-8-10-42(11-9-41)26-21-48-22-26/h4-7,14-15,18-19,26,45H,8-13,16-17,20-22H2,1-3H3,(H,38,39). The SMILES string of the molecule is Cn1cc(-c2ccnc(N3CCn4c(cc5c4CC(C)(C)C5)C3=O)c2CO)cc(Nc2ccc(N3CCN(C4COC4)CC3)cn2)c1=O. The Bertz CT molecular complexity index is 1940. The molecule has 3 aliphatic heterocycles. The fourth-order valence-corrected chi connectivity index (χ4v) is 7.77. The second-order valence-corrected chi connectivity index (χ2v) is 14.2. The maximum Gasteiger partial charge on any atom is 0.276 e. The van der Waals surface area contributed by atoms with Crippen LogP contribution in [-0.4, -0.2) is 87.0 Å². The molecular formula is C36H42N8O4. The molecule has 4 aromatic heterocycles. The maximum absolute atomic E-state index is 13.8. The number of hydrogen-bond donors (Lipinski definition) is 2. The van der Waals surface area contributed by atoms with Crippen LogP contribution in [0.1, 0.15) is 41.2 Å². The summed E-state index contributed by atoms with van der Waals surface area (Å²) in [5.41, 5.74) is 6.56. The molecule has 12 heteroatoms. The highest BCUT2D eigenvalue weighted by Crippen LogP contribution is 2.40. The number of pyridine rings is 3. The molecule has 8 rings (SSSR count). The molecule has 12 nitrogen and oxygen atoms in total. The fourth-order valence-electron chi connectivity index (χ4n) is 7.77. The molecule has 1 amide bonds. The zero-order valence-electron chi connectivity index (χ0n) is 27.8. The first-order valence-electron chi connectivity index (χ1n) is 16.8. The largest absolute Gasteiger partial charge is 0.392 e. The van der Waals surface area contributed by atoms with Crippen molar-refractivity contribution < 1.29 is 14.6 Å². The minimum absolute atomic E-state index is 0.111. The first-order valence-corrected chi connectivity index (χ1v) is 16.8. The number of aliphatic hydroxyl groups excluding tert-OH is 1. The lowest BCUT2D eigenvalue weighted by Gasteiger charge is -2.43. The van der Waals surface area contributed by atoms with E-state index in [-0.39, 0.29) is 23.5 Å². The van der Waals surface area contributed by atoms with Crippen molar-refractivity contribution in [3.8, 4) is 11.1 Å². The van der Waals surface area contributed by atoms with Gasteiger partial charge in [-0.2, -0.15) is 0 Å². The average molecular weight is 651 g/mol. The Morgan fingerprint density at radius 1 is 1.00 bits per heavy atom. The van der Waals surface area contributed by atoms with E-state index in [2.05, 4.69) is 43.5 Å². The number of aromatic nitrogens is 4. The number of anilines is 4. The summed E-state index contributed by atoms with van der Waals surface area (Å²) in [4.78, 5) is 42.8. The predicted molar refractivity (Wildman–Crippen MR) is 184 cm³/mol. The van der Waals surface area contributed by atoms with Gasteiger partial charge in [-0.3, -0.25) is 19.4 Å². The molecule has 2 saturated heterocycles. The third-order valence-corrected chi connectivity index (χ3v) is 10.4. The number of amides is 1. The first kappa shape index (κ1) is 30.8. The molecule has 0 aromatic carbocycles. The molecule has 250 valence electrons. The lowest BCUT2D eigenvalue weighted by Crippen LogP contribution is -2.56. The molecule has 0 bridgehead atoms. The van der Waals surface area contributed by atoms with Crippen molar-refractivity contribution in [2.75, 3.05) is 61.1 Å². The van der Waals surface area contributed by atoms with Crippen LogP contribution in [0.5, 0.6) is 0 Å². The van der Waals surface area contributed by atoms with Gasteiger partial charge in [0.1, 0.15) is 23.0 Å². The quantitative estimate of drug-likeness (QED) is 0.311. The first-order chi connectivity index (χ1) is 23.2. The van der Waals surface area contributed by atoms with Crippen LogP contribution in [0.3, 0.4) is 0 Å². The number of piperazine rings is 1. The van der Waals surface area contributed by atoms with Gasteiger partial charge in [-0.25, -0.2) is 9.97 Å². The number of nitrogens with zero attached hydrogens (tertiary/aromatic N) is 7. The lowest BCUT2D eigenvalue weighted by atomic mass is 9.90. The van der Waals surface area contributed by atoms with Gasteiger partial charge in [-0.1, -0.05) is 13.8 Å². The summed E-state index contributed by atoms with van der Waals surface area (Å²) in [6.45, 7) is 10.9. The zero-order chi connectivity index (χ0) is 33.2. The van der Waals surface area contributed by atoms with E-state index in [0.717, 1.165) is 57.9 Å². The van der Waals surface area contributed by atoms with Gasteiger partial charge in [-0.15, -0.1) is 0 Å². The summed E-state index contributed by atoms with van der Waals surface area (Å²) in [6.07, 6.45) is 7.17. The normalized spacial score (nSPS) is 19.3. The zero-order valence-corrected chi connectivity index (χ0v) is 27.8. The minimum Gasteiger partial charge on any atom is -0.392 e. The molecule has 0 spiro atoms. The Kier molecular flexibility index (Phi) is 7.61. The van der Waals surface area contributed by atoms with Crippen molar-refractivity contribution in [1.29, 1.82) is 0 Å². The molecular weight excluding hydrogens is 608 g/mol. The molecule has 4 aliphatic rings. The average Bonchev–Trinajstić information content (AvgIpc) is 3.55. The van der Waals surface area contributed by atoms with Crippen molar-refractivity contribution in [2.24, 2.45) is 12.5 Å². The summed E-state index contributed by atoms with van der Waals surface area (Å²) in [5.74, 6) is 0.892. The highest BCUT2D eigenvalue weighted by Gasteiger charge is 2.37. The van der Waals surface area contributed by atoms with Gasteiger partial charge >= 0.3 is 0 Å². The second kappa shape index (κ2) is 11.9. The Hall–Kier alpha value is -4.52. The van der Waals surface area contributed by atoms with Gasteiger partial charge in [0.25, 0.3) is 11.5 Å². The molecule has 0 unspecified atom stereocenters. The van der Waals surface area contributed by atoms with Crippen LogP contribution in [0.4, 0.5) is 23.0 Å². The Labute approximate surface area is 279 Å². The summed E-state index contributed by atoms with van der Waals surface area (Å²) < 4.78 is 9.04. The molecule has 1 aliphatic carbocycles. The molecule has 2 fully saturated rings. The van der Waals surface area contributed by atoms with Gasteiger partial charge in [0.2, 0.25) is 0 Å². The fraction of sp³-hybridized carbons (Fsp3) is 0.444. The lowest BCUT2D eigenvalue weighted by molar-refractivity contribution is -0.0660. The third kappa shape index (κ3) is 5.37. The van der Waals surface area contributed by atoms with Crippen molar-refractivity contribution in [1.82, 2.24) is 24.0 Å². The number of ether oxygens (including phenoxy) is 1. The molecule has 0 saturated carbocycles. The van der Waals surface area contributed by atoms with Crippen molar-refractivity contribution in [3.05, 3.63) is 81.8 Å². The van der Waals surface area contributed by atoms with Gasteiger partial charge in [0, 0.05) is 75.5 Å². The molecule has 0 radical (unpaired) electrons. The van der Waals surface area contributed by atoms with E-state index in [0.29, 0.717) is 58.8 Å². The number of aliphatic hydroxyl groups is 1. The van der Waals surface area contributed by atoms with Crippen LogP contribution in [0.25, 0.3) is 11.1 Å². The number of hydrogen-bond acceptors (Lipinski definition) is 9. The van der Waals surface area contributed by atoms with Crippen molar-refractivity contribution >= 4 is 28.9 Å². The van der Waals surface area contributed by atoms with E-state index in [9.17, 15) is 14.7 Å². The van der Waals surface area contributed by atoms with E-state index in [4.69, 9.17) is 4.74 Å². The smallest absolute Gasteiger partial charge is 0.276 e. The van der Waals surface area contributed by atoms with Crippen LogP contribution in [0.2, 0.25) is 0 Å². The van der Waals surface area contributed by atoms with Crippen molar-refractivity contribution in [2.45, 2.75) is 45.9 Å². The van der Waals surface area contributed by atoms with Gasteiger partial charge in [0.15, 0.2) is 0 Å². The molecule has 2 N–H and O–H groups in total. The highest BCUT2D eigenvalue weighted by atomic mass is 16.5. The summed E-state index contributed by atoms with van der Waals surface area (Å²) in [5, 5.41) is 13.9. The van der Waals surface area contributed by atoms with E-state index < -0.39 is 0 Å². The number of carbonyl (C=O) groups excluding carboxylic acids is 1. The van der Waals surface area contributed by atoms with Gasteiger partial charge in [-0.05, 0) is 59.7 Å². The van der Waals surface area contributed by atoms with Crippen molar-refractivity contribution in [3.63, 3.8) is 0 Å². The monoisotopic (exact) mass is 650 g/mol. The van der Waals surface area contributed by atoms with Crippen LogP contribution in [0.15, 0.2) is 53.7 Å². The topological polar surface area (TPSA) is 121 Å². The molecule has 7 heterocycles. The van der Waals surface area contributed by atoms with Crippen LogP contribution >= 0.6 is 0 Å². The van der Waals surface area contributed by atoms with Gasteiger partial charge in [0.05, 0.1) is 37.7 Å². The van der Waals surface area contributed by atoms with E-state index >= 15 is 0 Å². The Morgan fingerprint density at radius 3 is 2.52 bits per heavy atom. The number of fused-ring (bicyclic) bond motifs is 3. The number of aryl methyl sites for hydroxylation is 1.